The van der Waals surface area contributed by atoms with Gasteiger partial charge in [-0.15, -0.1) is 0 Å². The van der Waals surface area contributed by atoms with Gasteiger partial charge >= 0.3 is 0 Å². The van der Waals surface area contributed by atoms with Crippen LogP contribution in [0.1, 0.15) is 78.1 Å². The van der Waals surface area contributed by atoms with Gasteiger partial charge in [0.1, 0.15) is 0 Å². The SMILES string of the molecule is C=CC[N+]1(C)CCCCC1(C)CCCCCCCC.[Br-]. The van der Waals surface area contributed by atoms with E-state index in [1.54, 1.807) is 0 Å². The molecular formula is C18H36BrN. The standard InChI is InChI=1S/C18H36N.BrH/c1-5-7-8-9-10-11-14-18(3)15-12-13-17-19(18,4)16-6-2;/h6H,2,5,7-17H2,1,3-4H3;1H/q+1;/p-1. The van der Waals surface area contributed by atoms with Crippen LogP contribution >= 0.6 is 0 Å². The normalized spacial score (nSPS) is 29.8. The summed E-state index contributed by atoms with van der Waals surface area (Å²) in [4.78, 5) is 0. The number of hydrogen-bond acceptors (Lipinski definition) is 0. The van der Waals surface area contributed by atoms with Gasteiger partial charge < -0.3 is 21.5 Å². The van der Waals surface area contributed by atoms with E-state index in [9.17, 15) is 0 Å². The number of hydrogen-bond donors (Lipinski definition) is 0. The minimum atomic E-state index is 0. The molecule has 120 valence electrons. The first-order valence-electron chi connectivity index (χ1n) is 8.53. The van der Waals surface area contributed by atoms with E-state index in [4.69, 9.17) is 0 Å². The summed E-state index contributed by atoms with van der Waals surface area (Å²) in [5, 5.41) is 0. The monoisotopic (exact) mass is 345 g/mol. The highest BCUT2D eigenvalue weighted by Crippen LogP contribution is 2.37. The molecule has 0 bridgehead atoms. The molecule has 0 aliphatic carbocycles. The van der Waals surface area contributed by atoms with Gasteiger partial charge in [0.05, 0.1) is 25.7 Å². The van der Waals surface area contributed by atoms with Gasteiger partial charge in [0, 0.05) is 12.8 Å². The second kappa shape index (κ2) is 10.00. The fourth-order valence-corrected chi connectivity index (χ4v) is 3.78. The molecule has 0 aromatic carbocycles. The first kappa shape index (κ1) is 20.2. The zero-order valence-electron chi connectivity index (χ0n) is 14.1. The number of likely N-dealkylation sites (tertiary alicyclic amines) is 1. The van der Waals surface area contributed by atoms with Gasteiger partial charge in [-0.3, -0.25) is 0 Å². The lowest BCUT2D eigenvalue weighted by molar-refractivity contribution is -0.958. The highest BCUT2D eigenvalue weighted by atomic mass is 79.9. The zero-order valence-corrected chi connectivity index (χ0v) is 15.7. The number of quaternary nitrogens is 1. The van der Waals surface area contributed by atoms with E-state index in [2.05, 4.69) is 33.6 Å². The fraction of sp³-hybridized carbons (Fsp3) is 0.889. The molecular weight excluding hydrogens is 310 g/mol. The summed E-state index contributed by atoms with van der Waals surface area (Å²) in [6, 6.07) is 0. The Balaban J connectivity index is 0.00000361. The predicted molar refractivity (Wildman–Crippen MR) is 86.4 cm³/mol. The number of likely N-dealkylation sites (N-methyl/N-ethyl adjacent to an activating group) is 1. The Kier molecular flexibility index (Phi) is 10.1. The van der Waals surface area contributed by atoms with Crippen molar-refractivity contribution in [3.63, 3.8) is 0 Å². The lowest BCUT2D eigenvalue weighted by Gasteiger charge is -2.52. The van der Waals surface area contributed by atoms with Gasteiger partial charge in [0.15, 0.2) is 0 Å². The van der Waals surface area contributed by atoms with Crippen molar-refractivity contribution in [2.45, 2.75) is 83.6 Å². The topological polar surface area (TPSA) is 0 Å². The third-order valence-electron chi connectivity index (χ3n) is 5.52. The number of unbranched alkanes of at least 4 members (excludes halogenated alkanes) is 5. The molecule has 1 rings (SSSR count). The van der Waals surface area contributed by atoms with Crippen molar-refractivity contribution in [2.24, 2.45) is 0 Å². The molecule has 2 atom stereocenters. The summed E-state index contributed by atoms with van der Waals surface area (Å²) in [5.41, 5.74) is 0.497. The molecule has 0 N–H and O–H groups in total. The number of nitrogens with zero attached hydrogens (tertiary/aromatic N) is 1. The van der Waals surface area contributed by atoms with Crippen LogP contribution in [0.15, 0.2) is 12.7 Å². The van der Waals surface area contributed by atoms with E-state index < -0.39 is 0 Å². The molecule has 2 unspecified atom stereocenters. The maximum Gasteiger partial charge on any atom is 0.0973 e. The molecule has 2 heteroatoms. The largest absolute Gasteiger partial charge is 1.00 e. The molecule has 1 nitrogen and oxygen atoms in total. The van der Waals surface area contributed by atoms with Gasteiger partial charge in [-0.1, -0.05) is 45.6 Å². The summed E-state index contributed by atoms with van der Waals surface area (Å²) in [7, 11) is 2.46. The molecule has 1 aliphatic rings. The van der Waals surface area contributed by atoms with Crippen LogP contribution in [0.2, 0.25) is 0 Å². The van der Waals surface area contributed by atoms with Crippen LogP contribution in [0.3, 0.4) is 0 Å². The van der Waals surface area contributed by atoms with Gasteiger partial charge in [-0.05, 0) is 32.3 Å². The van der Waals surface area contributed by atoms with Gasteiger partial charge in [-0.25, -0.2) is 0 Å². The van der Waals surface area contributed by atoms with Crippen LogP contribution in [-0.4, -0.2) is 30.2 Å². The number of rotatable bonds is 9. The third kappa shape index (κ3) is 5.52. The Morgan fingerprint density at radius 1 is 1.10 bits per heavy atom. The Morgan fingerprint density at radius 3 is 2.40 bits per heavy atom. The molecule has 1 heterocycles. The molecule has 0 aromatic heterocycles. The second-order valence-corrected chi connectivity index (χ2v) is 7.06. The minimum Gasteiger partial charge on any atom is -1.00 e. The Bertz CT molecular complexity index is 266. The van der Waals surface area contributed by atoms with E-state index in [1.807, 2.05) is 0 Å². The lowest BCUT2D eigenvalue weighted by atomic mass is 9.81. The van der Waals surface area contributed by atoms with Crippen molar-refractivity contribution in [3.05, 3.63) is 12.7 Å². The van der Waals surface area contributed by atoms with Crippen LogP contribution < -0.4 is 17.0 Å². The van der Waals surface area contributed by atoms with E-state index in [1.165, 1.54) is 75.2 Å². The molecule has 0 aromatic rings. The highest BCUT2D eigenvalue weighted by Gasteiger charge is 2.44. The number of piperidine rings is 1. The van der Waals surface area contributed by atoms with Crippen molar-refractivity contribution in [1.29, 1.82) is 0 Å². The predicted octanol–water partition coefficient (Wildman–Crippen LogP) is 2.32. The quantitative estimate of drug-likeness (QED) is 0.341. The molecule has 0 radical (unpaired) electrons. The molecule has 1 saturated heterocycles. The van der Waals surface area contributed by atoms with Crippen LogP contribution in [0.4, 0.5) is 0 Å². The van der Waals surface area contributed by atoms with Gasteiger partial charge in [0.25, 0.3) is 0 Å². The third-order valence-corrected chi connectivity index (χ3v) is 5.52. The fourth-order valence-electron chi connectivity index (χ4n) is 3.78. The average Bonchev–Trinajstić information content (AvgIpc) is 2.38. The Hall–Kier alpha value is 0.180. The van der Waals surface area contributed by atoms with Crippen LogP contribution in [-0.2, 0) is 0 Å². The molecule has 1 fully saturated rings. The average molecular weight is 346 g/mol. The molecule has 20 heavy (non-hydrogen) atoms. The van der Waals surface area contributed by atoms with Crippen molar-refractivity contribution in [3.8, 4) is 0 Å². The first-order chi connectivity index (χ1) is 9.08. The molecule has 1 aliphatic heterocycles. The summed E-state index contributed by atoms with van der Waals surface area (Å²) in [6.07, 6.45) is 16.3. The van der Waals surface area contributed by atoms with Crippen molar-refractivity contribution < 1.29 is 21.5 Å². The second-order valence-electron chi connectivity index (χ2n) is 7.06. The van der Waals surface area contributed by atoms with E-state index in [0.29, 0.717) is 5.54 Å². The summed E-state index contributed by atoms with van der Waals surface area (Å²) in [5.74, 6) is 0. The van der Waals surface area contributed by atoms with Gasteiger partial charge in [0.2, 0.25) is 0 Å². The maximum absolute atomic E-state index is 3.98. The summed E-state index contributed by atoms with van der Waals surface area (Å²) in [6.45, 7) is 11.3. The molecule has 0 amide bonds. The Labute approximate surface area is 138 Å². The van der Waals surface area contributed by atoms with Gasteiger partial charge in [-0.2, -0.15) is 0 Å². The van der Waals surface area contributed by atoms with Crippen molar-refractivity contribution in [2.75, 3.05) is 20.1 Å². The lowest BCUT2D eigenvalue weighted by Crippen LogP contribution is -3.00. The van der Waals surface area contributed by atoms with Crippen LogP contribution in [0, 0.1) is 0 Å². The summed E-state index contributed by atoms with van der Waals surface area (Å²) < 4.78 is 1.23. The zero-order chi connectivity index (χ0) is 14.2. The van der Waals surface area contributed by atoms with E-state index in [-0.39, 0.29) is 17.0 Å². The first-order valence-corrected chi connectivity index (χ1v) is 8.53. The number of halogens is 1. The van der Waals surface area contributed by atoms with E-state index in [0.717, 1.165) is 6.54 Å². The van der Waals surface area contributed by atoms with Crippen LogP contribution in [0.25, 0.3) is 0 Å². The minimum absolute atomic E-state index is 0. The Morgan fingerprint density at radius 2 is 1.75 bits per heavy atom. The van der Waals surface area contributed by atoms with Crippen molar-refractivity contribution >= 4 is 0 Å². The smallest absolute Gasteiger partial charge is 0.0973 e. The van der Waals surface area contributed by atoms with Crippen LogP contribution in [0.5, 0.6) is 0 Å². The molecule has 0 saturated carbocycles. The maximum atomic E-state index is 3.98. The van der Waals surface area contributed by atoms with E-state index >= 15 is 0 Å². The summed E-state index contributed by atoms with van der Waals surface area (Å²) >= 11 is 0. The molecule has 0 spiro atoms. The van der Waals surface area contributed by atoms with Crippen molar-refractivity contribution in [1.82, 2.24) is 0 Å². The highest BCUT2D eigenvalue weighted by molar-refractivity contribution is 4.82.